The quantitative estimate of drug-likeness (QED) is 0.609. The van der Waals surface area contributed by atoms with Crippen LogP contribution in [0.2, 0.25) is 5.02 Å². The van der Waals surface area contributed by atoms with Crippen LogP contribution >= 0.6 is 11.6 Å². The lowest BCUT2D eigenvalue weighted by atomic mass is 9.97. The van der Waals surface area contributed by atoms with Crippen molar-refractivity contribution in [3.8, 4) is 0 Å². The zero-order chi connectivity index (χ0) is 24.8. The molecule has 2 heterocycles. The molecule has 4 rings (SSSR count). The van der Waals surface area contributed by atoms with Gasteiger partial charge in [-0.2, -0.15) is 0 Å². The Balaban J connectivity index is 1.35. The van der Waals surface area contributed by atoms with Crippen molar-refractivity contribution in [2.75, 3.05) is 31.5 Å². The van der Waals surface area contributed by atoms with Crippen molar-refractivity contribution in [3.63, 3.8) is 0 Å². The van der Waals surface area contributed by atoms with E-state index in [1.165, 1.54) is 4.31 Å². The van der Waals surface area contributed by atoms with Gasteiger partial charge in [0.15, 0.2) is 0 Å². The van der Waals surface area contributed by atoms with Gasteiger partial charge in [0.05, 0.1) is 17.0 Å². The molecule has 0 radical (unpaired) electrons. The molecule has 2 amide bonds. The average molecular weight is 518 g/mol. The van der Waals surface area contributed by atoms with Crippen LogP contribution in [0.5, 0.6) is 0 Å². The normalized spacial score (nSPS) is 18.1. The number of nitrogens with zero attached hydrogens (tertiary/aromatic N) is 2. The molecule has 2 aromatic rings. The summed E-state index contributed by atoms with van der Waals surface area (Å²) in [5.74, 6) is -0.618. The molecule has 35 heavy (non-hydrogen) atoms. The summed E-state index contributed by atoms with van der Waals surface area (Å²) < 4.78 is 27.2. The highest BCUT2D eigenvalue weighted by atomic mass is 35.5. The Morgan fingerprint density at radius 1 is 0.886 bits per heavy atom. The van der Waals surface area contributed by atoms with Crippen LogP contribution in [0, 0.1) is 5.92 Å². The third-order valence-corrected chi connectivity index (χ3v) is 8.89. The van der Waals surface area contributed by atoms with Gasteiger partial charge in [0.25, 0.3) is 5.91 Å². The van der Waals surface area contributed by atoms with Crippen LogP contribution < -0.4 is 5.32 Å². The van der Waals surface area contributed by atoms with Gasteiger partial charge < -0.3 is 10.2 Å². The Morgan fingerprint density at radius 2 is 1.51 bits per heavy atom. The van der Waals surface area contributed by atoms with Crippen LogP contribution in [-0.4, -0.2) is 55.6 Å². The summed E-state index contributed by atoms with van der Waals surface area (Å²) >= 11 is 5.89. The van der Waals surface area contributed by atoms with E-state index < -0.39 is 10.0 Å². The maximum Gasteiger partial charge on any atom is 0.255 e. The number of likely N-dealkylation sites (tertiary alicyclic amines) is 1. The molecule has 2 aromatic carbocycles. The Kier molecular flexibility index (Phi) is 8.46. The number of sulfonamides is 1. The standard InChI is InChI=1S/C26H32ClN3O4S/c27-22-11-9-20(10-12-22)19-35(33,34)30-17-13-21(14-18-30)25(31)28-24-8-4-3-7-23(24)26(32)29-15-5-1-2-6-16-29/h3-4,7-12,21H,1-2,5-6,13-19H2,(H,28,31). The molecule has 2 aliphatic rings. The molecule has 7 nitrogen and oxygen atoms in total. The summed E-state index contributed by atoms with van der Waals surface area (Å²) in [6, 6.07) is 13.9. The van der Waals surface area contributed by atoms with Gasteiger partial charge in [-0.25, -0.2) is 12.7 Å². The molecule has 9 heteroatoms. The lowest BCUT2D eigenvalue weighted by Gasteiger charge is -2.30. The van der Waals surface area contributed by atoms with Crippen LogP contribution in [-0.2, 0) is 20.6 Å². The minimum atomic E-state index is -3.48. The lowest BCUT2D eigenvalue weighted by molar-refractivity contribution is -0.120. The molecule has 0 unspecified atom stereocenters. The van der Waals surface area contributed by atoms with E-state index in [2.05, 4.69) is 5.32 Å². The molecule has 2 saturated heterocycles. The van der Waals surface area contributed by atoms with Crippen molar-refractivity contribution in [3.05, 3.63) is 64.7 Å². The number of hydrogen-bond acceptors (Lipinski definition) is 4. The number of para-hydroxylation sites is 1. The molecule has 2 fully saturated rings. The molecule has 0 aromatic heterocycles. The molecule has 0 saturated carbocycles. The smallest absolute Gasteiger partial charge is 0.255 e. The van der Waals surface area contributed by atoms with Crippen molar-refractivity contribution in [1.29, 1.82) is 0 Å². The van der Waals surface area contributed by atoms with Crippen LogP contribution in [0.25, 0.3) is 0 Å². The third kappa shape index (κ3) is 6.63. The average Bonchev–Trinajstić information content (AvgIpc) is 3.15. The molecule has 1 N–H and O–H groups in total. The van der Waals surface area contributed by atoms with Crippen LogP contribution in [0.4, 0.5) is 5.69 Å². The zero-order valence-corrected chi connectivity index (χ0v) is 21.4. The van der Waals surface area contributed by atoms with E-state index in [-0.39, 0.29) is 23.5 Å². The molecule has 188 valence electrons. The van der Waals surface area contributed by atoms with Crippen molar-refractivity contribution < 1.29 is 18.0 Å². The van der Waals surface area contributed by atoms with Crippen LogP contribution in [0.1, 0.15) is 54.4 Å². The summed E-state index contributed by atoms with van der Waals surface area (Å²) in [7, 11) is -3.48. The van der Waals surface area contributed by atoms with E-state index >= 15 is 0 Å². The van der Waals surface area contributed by atoms with E-state index in [4.69, 9.17) is 11.6 Å². The van der Waals surface area contributed by atoms with Gasteiger partial charge in [0, 0.05) is 37.1 Å². The first-order valence-corrected chi connectivity index (χ1v) is 14.2. The van der Waals surface area contributed by atoms with E-state index in [0.717, 1.165) is 38.8 Å². The number of halogens is 1. The third-order valence-electron chi connectivity index (χ3n) is 6.79. The highest BCUT2D eigenvalue weighted by molar-refractivity contribution is 7.88. The lowest BCUT2D eigenvalue weighted by Crippen LogP contribution is -2.42. The number of hydrogen-bond donors (Lipinski definition) is 1. The minimum absolute atomic E-state index is 0.0501. The second-order valence-corrected chi connectivity index (χ2v) is 11.7. The second-order valence-electron chi connectivity index (χ2n) is 9.30. The first kappa shape index (κ1) is 25.7. The first-order valence-electron chi connectivity index (χ1n) is 12.2. The molecular formula is C26H32ClN3O4S. The number of anilines is 1. The van der Waals surface area contributed by atoms with Gasteiger partial charge in [0.2, 0.25) is 15.9 Å². The van der Waals surface area contributed by atoms with Crippen molar-refractivity contribution in [2.24, 2.45) is 5.92 Å². The molecule has 2 aliphatic heterocycles. The summed E-state index contributed by atoms with van der Waals surface area (Å²) in [6.45, 7) is 2.07. The predicted octanol–water partition coefficient (Wildman–Crippen LogP) is 4.54. The van der Waals surface area contributed by atoms with Crippen LogP contribution in [0.3, 0.4) is 0 Å². The molecule has 0 spiro atoms. The van der Waals surface area contributed by atoms with E-state index in [1.807, 2.05) is 11.0 Å². The number of carbonyl (C=O) groups excluding carboxylic acids is 2. The Morgan fingerprint density at radius 3 is 2.17 bits per heavy atom. The topological polar surface area (TPSA) is 86.8 Å². The van der Waals surface area contributed by atoms with Gasteiger partial charge in [0.1, 0.15) is 0 Å². The molecule has 0 atom stereocenters. The SMILES string of the molecule is O=C(Nc1ccccc1C(=O)N1CCCCCC1)C1CCN(S(=O)(=O)Cc2ccc(Cl)cc2)CC1. The van der Waals surface area contributed by atoms with Gasteiger partial charge in [-0.15, -0.1) is 0 Å². The molecular weight excluding hydrogens is 486 g/mol. The van der Waals surface area contributed by atoms with Gasteiger partial charge in [-0.05, 0) is 55.5 Å². The van der Waals surface area contributed by atoms with Crippen molar-refractivity contribution in [2.45, 2.75) is 44.3 Å². The van der Waals surface area contributed by atoms with E-state index in [1.54, 1.807) is 42.5 Å². The van der Waals surface area contributed by atoms with Gasteiger partial charge >= 0.3 is 0 Å². The highest BCUT2D eigenvalue weighted by Gasteiger charge is 2.32. The summed E-state index contributed by atoms with van der Waals surface area (Å²) in [6.07, 6.45) is 5.15. The maximum absolute atomic E-state index is 13.1. The maximum atomic E-state index is 13.1. The summed E-state index contributed by atoms with van der Waals surface area (Å²) in [5, 5.41) is 3.51. The highest BCUT2D eigenvalue weighted by Crippen LogP contribution is 2.25. The first-order chi connectivity index (χ1) is 16.8. The summed E-state index contributed by atoms with van der Waals surface area (Å²) in [4.78, 5) is 28.1. The zero-order valence-electron chi connectivity index (χ0n) is 19.8. The molecule has 0 bridgehead atoms. The number of nitrogens with one attached hydrogen (secondary N) is 1. The predicted molar refractivity (Wildman–Crippen MR) is 138 cm³/mol. The van der Waals surface area contributed by atoms with Crippen molar-refractivity contribution in [1.82, 2.24) is 9.21 Å². The second kappa shape index (κ2) is 11.5. The Hall–Kier alpha value is -2.42. The number of piperidine rings is 1. The fourth-order valence-corrected chi connectivity index (χ4v) is 6.43. The van der Waals surface area contributed by atoms with Crippen LogP contribution in [0.15, 0.2) is 48.5 Å². The minimum Gasteiger partial charge on any atom is -0.339 e. The molecule has 0 aliphatic carbocycles. The Labute approximate surface area is 212 Å². The fourth-order valence-electron chi connectivity index (χ4n) is 4.74. The van der Waals surface area contributed by atoms with E-state index in [0.29, 0.717) is 47.8 Å². The number of rotatable bonds is 6. The monoisotopic (exact) mass is 517 g/mol. The van der Waals surface area contributed by atoms with Gasteiger partial charge in [-0.3, -0.25) is 9.59 Å². The van der Waals surface area contributed by atoms with Gasteiger partial charge in [-0.1, -0.05) is 48.7 Å². The number of benzene rings is 2. The van der Waals surface area contributed by atoms with E-state index in [9.17, 15) is 18.0 Å². The summed E-state index contributed by atoms with van der Waals surface area (Å²) in [5.41, 5.74) is 1.70. The number of carbonyl (C=O) groups is 2. The van der Waals surface area contributed by atoms with Crippen molar-refractivity contribution >= 4 is 39.1 Å². The Bertz CT molecular complexity index is 1140. The largest absolute Gasteiger partial charge is 0.339 e. The fraction of sp³-hybridized carbons (Fsp3) is 0.462. The number of amides is 2.